The van der Waals surface area contributed by atoms with Crippen LogP contribution in [0.1, 0.15) is 19.8 Å². The summed E-state index contributed by atoms with van der Waals surface area (Å²) >= 11 is 0. The van der Waals surface area contributed by atoms with E-state index in [-0.39, 0.29) is 12.8 Å². The van der Waals surface area contributed by atoms with Gasteiger partial charge in [0.25, 0.3) is 0 Å². The highest BCUT2D eigenvalue weighted by atomic mass is 28.2. The van der Waals surface area contributed by atoms with Crippen LogP contribution in [0.4, 0.5) is 0 Å². The van der Waals surface area contributed by atoms with E-state index in [0.717, 1.165) is 6.42 Å². The largest absolute Gasteiger partial charge is 0.438 e. The van der Waals surface area contributed by atoms with E-state index in [1.807, 2.05) is 6.92 Å². The number of esters is 1. The fourth-order valence-electron chi connectivity index (χ4n) is 0.543. The molecule has 0 amide bonds. The van der Waals surface area contributed by atoms with E-state index in [9.17, 15) is 4.79 Å². The molecule has 0 aromatic rings. The van der Waals surface area contributed by atoms with Gasteiger partial charge in [-0.05, 0) is 6.42 Å². The molecule has 0 aliphatic heterocycles. The van der Waals surface area contributed by atoms with E-state index in [1.54, 1.807) is 0 Å². The van der Waals surface area contributed by atoms with Crippen molar-refractivity contribution >= 4 is 16.5 Å². The Kier molecular flexibility index (Phi) is 8.42. The molecule has 3 radical (unpaired) electrons. The molecule has 12 heavy (non-hydrogen) atoms. The van der Waals surface area contributed by atoms with Crippen molar-refractivity contribution in [3.05, 3.63) is 0 Å². The van der Waals surface area contributed by atoms with Gasteiger partial charge in [0.1, 0.15) is 0 Å². The summed E-state index contributed by atoms with van der Waals surface area (Å²) in [4.78, 5) is 10.7. The predicted octanol–water partition coefficient (Wildman–Crippen LogP) is 0.404. The topological polar surface area (TPSA) is 44.8 Å². The number of carbonyl (C=O) groups is 1. The molecular formula is C7H13O4Si. The number of hydrogen-bond donors (Lipinski definition) is 0. The highest BCUT2D eigenvalue weighted by Gasteiger charge is 1.98. The molecule has 5 heteroatoms. The Labute approximate surface area is 75.7 Å². The molecule has 0 bridgehead atoms. The lowest BCUT2D eigenvalue weighted by atomic mass is 10.3. The average Bonchev–Trinajstić information content (AvgIpc) is 2.05. The molecule has 0 atom stereocenters. The molecule has 4 nitrogen and oxygen atoms in total. The van der Waals surface area contributed by atoms with Crippen molar-refractivity contribution in [2.75, 3.05) is 20.0 Å². The minimum Gasteiger partial charge on any atom is -0.438 e. The third-order valence-corrected chi connectivity index (χ3v) is 1.29. The van der Waals surface area contributed by atoms with Crippen LogP contribution in [0.15, 0.2) is 0 Å². The van der Waals surface area contributed by atoms with E-state index in [4.69, 9.17) is 9.47 Å². The third kappa shape index (κ3) is 7.71. The standard InChI is InChI=1S/C7H13O4Si/c1-2-3-7(8)10-6-9-4-5-11-12/h2-6H2,1H3. The first-order valence-electron chi connectivity index (χ1n) is 3.83. The molecule has 0 N–H and O–H groups in total. The minimum absolute atomic E-state index is 0.00835. The summed E-state index contributed by atoms with van der Waals surface area (Å²) in [6, 6.07) is 0. The van der Waals surface area contributed by atoms with Crippen LogP contribution in [0.5, 0.6) is 0 Å². The molecule has 0 aliphatic rings. The summed E-state index contributed by atoms with van der Waals surface area (Å²) in [5.41, 5.74) is 0. The monoisotopic (exact) mass is 189 g/mol. The van der Waals surface area contributed by atoms with Crippen molar-refractivity contribution < 1.29 is 18.7 Å². The maximum atomic E-state index is 10.7. The maximum absolute atomic E-state index is 10.7. The number of rotatable bonds is 7. The Morgan fingerprint density at radius 1 is 1.42 bits per heavy atom. The van der Waals surface area contributed by atoms with Crippen molar-refractivity contribution in [1.29, 1.82) is 0 Å². The first kappa shape index (κ1) is 11.6. The molecule has 0 aromatic carbocycles. The molecule has 0 fully saturated rings. The molecule has 69 valence electrons. The van der Waals surface area contributed by atoms with Crippen molar-refractivity contribution in [1.82, 2.24) is 0 Å². The first-order chi connectivity index (χ1) is 5.81. The number of carbonyl (C=O) groups excluding carboxylic acids is 1. The maximum Gasteiger partial charge on any atom is 0.307 e. The van der Waals surface area contributed by atoms with Gasteiger partial charge in [0.15, 0.2) is 6.79 Å². The van der Waals surface area contributed by atoms with Crippen LogP contribution in [0, 0.1) is 0 Å². The molecular weight excluding hydrogens is 176 g/mol. The van der Waals surface area contributed by atoms with E-state index in [2.05, 4.69) is 14.9 Å². The van der Waals surface area contributed by atoms with Gasteiger partial charge in [-0.25, -0.2) is 0 Å². The number of hydrogen-bond acceptors (Lipinski definition) is 4. The van der Waals surface area contributed by atoms with Gasteiger partial charge in [-0.1, -0.05) is 6.92 Å². The molecule has 0 aliphatic carbocycles. The minimum atomic E-state index is -0.225. The molecule has 0 spiro atoms. The van der Waals surface area contributed by atoms with Crippen LogP contribution < -0.4 is 0 Å². The smallest absolute Gasteiger partial charge is 0.307 e. The second-order valence-electron chi connectivity index (χ2n) is 2.14. The second kappa shape index (κ2) is 8.70. The Morgan fingerprint density at radius 3 is 2.75 bits per heavy atom. The summed E-state index contributed by atoms with van der Waals surface area (Å²) in [6.07, 6.45) is 1.24. The van der Waals surface area contributed by atoms with Gasteiger partial charge in [-0.2, -0.15) is 0 Å². The zero-order chi connectivity index (χ0) is 9.23. The normalized spacial score (nSPS) is 9.83. The Morgan fingerprint density at radius 2 is 2.17 bits per heavy atom. The van der Waals surface area contributed by atoms with E-state index in [1.165, 1.54) is 0 Å². The van der Waals surface area contributed by atoms with Crippen LogP contribution in [-0.2, 0) is 18.7 Å². The lowest BCUT2D eigenvalue weighted by Gasteiger charge is -2.04. The van der Waals surface area contributed by atoms with Gasteiger partial charge >= 0.3 is 5.97 Å². The van der Waals surface area contributed by atoms with E-state index in [0.29, 0.717) is 19.6 Å². The lowest BCUT2D eigenvalue weighted by Crippen LogP contribution is -2.10. The average molecular weight is 189 g/mol. The molecule has 0 aromatic heterocycles. The summed E-state index contributed by atoms with van der Waals surface area (Å²) in [7, 11) is 2.81. The highest BCUT2D eigenvalue weighted by molar-refractivity contribution is 5.97. The van der Waals surface area contributed by atoms with Crippen molar-refractivity contribution in [3.63, 3.8) is 0 Å². The van der Waals surface area contributed by atoms with Gasteiger partial charge in [0, 0.05) is 6.42 Å². The van der Waals surface area contributed by atoms with E-state index >= 15 is 0 Å². The lowest BCUT2D eigenvalue weighted by molar-refractivity contribution is -0.156. The fourth-order valence-corrected chi connectivity index (χ4v) is 0.627. The summed E-state index contributed by atoms with van der Waals surface area (Å²) < 4.78 is 14.1. The Balaban J connectivity index is 3.03. The summed E-state index contributed by atoms with van der Waals surface area (Å²) in [6.45, 7) is 2.76. The van der Waals surface area contributed by atoms with Gasteiger partial charge < -0.3 is 13.9 Å². The second-order valence-corrected chi connectivity index (χ2v) is 2.43. The van der Waals surface area contributed by atoms with Gasteiger partial charge in [0.2, 0.25) is 10.5 Å². The molecule has 0 rings (SSSR count). The first-order valence-corrected chi connectivity index (χ1v) is 4.24. The molecule has 0 saturated carbocycles. The molecule has 0 saturated heterocycles. The van der Waals surface area contributed by atoms with Crippen molar-refractivity contribution in [3.8, 4) is 0 Å². The van der Waals surface area contributed by atoms with Crippen LogP contribution in [0.3, 0.4) is 0 Å². The van der Waals surface area contributed by atoms with Gasteiger partial charge in [-0.3, -0.25) is 4.79 Å². The van der Waals surface area contributed by atoms with Crippen LogP contribution >= 0.6 is 0 Å². The molecule has 0 unspecified atom stereocenters. The summed E-state index contributed by atoms with van der Waals surface area (Å²) in [5, 5.41) is 0. The predicted molar refractivity (Wildman–Crippen MR) is 43.5 cm³/mol. The van der Waals surface area contributed by atoms with Crippen LogP contribution in [0.25, 0.3) is 0 Å². The van der Waals surface area contributed by atoms with Crippen molar-refractivity contribution in [2.24, 2.45) is 0 Å². The van der Waals surface area contributed by atoms with Crippen molar-refractivity contribution in [2.45, 2.75) is 19.8 Å². The highest BCUT2D eigenvalue weighted by Crippen LogP contribution is 1.90. The fraction of sp³-hybridized carbons (Fsp3) is 0.857. The zero-order valence-corrected chi connectivity index (χ0v) is 8.17. The Hall–Kier alpha value is -0.393. The quantitative estimate of drug-likeness (QED) is 0.252. The zero-order valence-electron chi connectivity index (χ0n) is 7.17. The van der Waals surface area contributed by atoms with E-state index < -0.39 is 0 Å². The van der Waals surface area contributed by atoms with Crippen LogP contribution in [-0.4, -0.2) is 36.5 Å². The SMILES string of the molecule is CCCC(=O)OCOCCO[Si]. The van der Waals surface area contributed by atoms with Crippen LogP contribution in [0.2, 0.25) is 0 Å². The van der Waals surface area contributed by atoms with Gasteiger partial charge in [0.05, 0.1) is 13.2 Å². The third-order valence-electron chi connectivity index (χ3n) is 1.09. The Bertz CT molecular complexity index is 118. The molecule has 0 heterocycles. The summed E-state index contributed by atoms with van der Waals surface area (Å²) in [5.74, 6) is -0.225. The number of ether oxygens (including phenoxy) is 2. The van der Waals surface area contributed by atoms with Gasteiger partial charge in [-0.15, -0.1) is 0 Å².